The second-order valence-corrected chi connectivity index (χ2v) is 6.72. The molecule has 0 aliphatic carbocycles. The first-order chi connectivity index (χ1) is 13.2. The van der Waals surface area contributed by atoms with E-state index in [9.17, 15) is 4.79 Å². The van der Waals surface area contributed by atoms with Crippen LogP contribution in [0, 0.1) is 6.92 Å². The number of carbonyl (C=O) groups excluding carboxylic acids is 1. The summed E-state index contributed by atoms with van der Waals surface area (Å²) in [5.74, 6) is 0.683. The van der Waals surface area contributed by atoms with Crippen LogP contribution in [0.3, 0.4) is 0 Å². The van der Waals surface area contributed by atoms with Crippen LogP contribution in [-0.2, 0) is 0 Å². The Kier molecular flexibility index (Phi) is 4.83. The zero-order valence-electron chi connectivity index (χ0n) is 15.4. The summed E-state index contributed by atoms with van der Waals surface area (Å²) in [5, 5.41) is 3.02. The number of hydrogen-bond acceptors (Lipinski definition) is 4. The topological polar surface area (TPSA) is 58.1 Å². The Hall–Kier alpha value is -3.21. The number of nitrogens with one attached hydrogen (secondary N) is 1. The van der Waals surface area contributed by atoms with Crippen molar-refractivity contribution in [1.82, 2.24) is 9.97 Å². The zero-order valence-corrected chi connectivity index (χ0v) is 15.4. The normalized spacial score (nSPS) is 13.6. The van der Waals surface area contributed by atoms with Crippen LogP contribution in [-0.4, -0.2) is 29.0 Å². The molecule has 0 bridgehead atoms. The van der Waals surface area contributed by atoms with Gasteiger partial charge in [-0.25, -0.2) is 4.98 Å². The molecule has 1 aromatic carbocycles. The number of hydrogen-bond donors (Lipinski definition) is 1. The van der Waals surface area contributed by atoms with Crippen molar-refractivity contribution in [3.05, 3.63) is 72.1 Å². The maximum Gasteiger partial charge on any atom is 0.257 e. The van der Waals surface area contributed by atoms with Gasteiger partial charge in [-0.05, 0) is 44.0 Å². The highest BCUT2D eigenvalue weighted by atomic mass is 16.1. The van der Waals surface area contributed by atoms with Crippen molar-refractivity contribution in [2.75, 3.05) is 23.3 Å². The predicted molar refractivity (Wildman–Crippen MR) is 108 cm³/mol. The van der Waals surface area contributed by atoms with Crippen molar-refractivity contribution in [1.29, 1.82) is 0 Å². The third kappa shape index (κ3) is 3.67. The molecule has 0 saturated carbocycles. The molecule has 3 heterocycles. The third-order valence-corrected chi connectivity index (χ3v) is 4.84. The van der Waals surface area contributed by atoms with E-state index < -0.39 is 0 Å². The molecular weight excluding hydrogens is 336 g/mol. The van der Waals surface area contributed by atoms with E-state index in [0.29, 0.717) is 11.3 Å². The lowest BCUT2D eigenvalue weighted by Crippen LogP contribution is -2.22. The standard InChI is InChI=1S/C22H22N4O/c1-16-18(11-12-19(24-16)17-8-3-2-4-9-17)22(27)25-20-10-7-13-23-21(20)26-14-5-6-15-26/h2-4,7-13H,5-6,14-15H2,1H3,(H,25,27). The number of nitrogens with zero attached hydrogens (tertiary/aromatic N) is 3. The average Bonchev–Trinajstić information content (AvgIpc) is 3.23. The molecule has 1 N–H and O–H groups in total. The smallest absolute Gasteiger partial charge is 0.257 e. The number of anilines is 2. The lowest BCUT2D eigenvalue weighted by Gasteiger charge is -2.20. The molecule has 4 rings (SSSR count). The number of rotatable bonds is 4. The summed E-state index contributed by atoms with van der Waals surface area (Å²) in [4.78, 5) is 24.2. The van der Waals surface area contributed by atoms with Gasteiger partial charge in [0.05, 0.1) is 22.6 Å². The maximum atomic E-state index is 12.9. The Morgan fingerprint density at radius 2 is 1.78 bits per heavy atom. The molecule has 1 fully saturated rings. The predicted octanol–water partition coefficient (Wildman–Crippen LogP) is 4.30. The maximum absolute atomic E-state index is 12.9. The van der Waals surface area contributed by atoms with Gasteiger partial charge in [0, 0.05) is 24.8 Å². The zero-order chi connectivity index (χ0) is 18.6. The molecule has 0 spiro atoms. The van der Waals surface area contributed by atoms with Crippen molar-refractivity contribution in [3.63, 3.8) is 0 Å². The van der Waals surface area contributed by atoms with Crippen molar-refractivity contribution < 1.29 is 4.79 Å². The van der Waals surface area contributed by atoms with Crippen molar-refractivity contribution in [3.8, 4) is 11.3 Å². The van der Waals surface area contributed by atoms with Gasteiger partial charge >= 0.3 is 0 Å². The molecule has 3 aromatic rings. The van der Waals surface area contributed by atoms with Crippen molar-refractivity contribution >= 4 is 17.4 Å². The summed E-state index contributed by atoms with van der Waals surface area (Å²) in [6.07, 6.45) is 4.09. The van der Waals surface area contributed by atoms with Gasteiger partial charge in [0.2, 0.25) is 0 Å². The van der Waals surface area contributed by atoms with Crippen LogP contribution in [0.1, 0.15) is 28.9 Å². The molecule has 2 aromatic heterocycles. The van der Waals surface area contributed by atoms with E-state index in [-0.39, 0.29) is 5.91 Å². The summed E-state index contributed by atoms with van der Waals surface area (Å²) in [5.41, 5.74) is 3.93. The average molecular weight is 358 g/mol. The Bertz CT molecular complexity index is 950. The first-order valence-electron chi connectivity index (χ1n) is 9.27. The summed E-state index contributed by atoms with van der Waals surface area (Å²) in [7, 11) is 0. The van der Waals surface area contributed by atoms with Gasteiger partial charge in [0.25, 0.3) is 5.91 Å². The van der Waals surface area contributed by atoms with Crippen LogP contribution in [0.2, 0.25) is 0 Å². The molecule has 5 nitrogen and oxygen atoms in total. The van der Waals surface area contributed by atoms with E-state index in [1.807, 2.05) is 61.5 Å². The number of aromatic nitrogens is 2. The van der Waals surface area contributed by atoms with E-state index in [1.165, 1.54) is 0 Å². The minimum absolute atomic E-state index is 0.159. The van der Waals surface area contributed by atoms with E-state index in [0.717, 1.165) is 48.7 Å². The molecule has 5 heteroatoms. The van der Waals surface area contributed by atoms with Gasteiger partial charge < -0.3 is 10.2 Å². The number of aryl methyl sites for hydroxylation is 1. The number of carbonyl (C=O) groups is 1. The van der Waals surface area contributed by atoms with Gasteiger partial charge in [-0.1, -0.05) is 30.3 Å². The van der Waals surface area contributed by atoms with E-state index in [2.05, 4.69) is 20.2 Å². The fourth-order valence-electron chi connectivity index (χ4n) is 3.44. The lowest BCUT2D eigenvalue weighted by atomic mass is 10.1. The van der Waals surface area contributed by atoms with Gasteiger partial charge in [-0.3, -0.25) is 9.78 Å². The first-order valence-corrected chi connectivity index (χ1v) is 9.27. The van der Waals surface area contributed by atoms with Crippen LogP contribution < -0.4 is 10.2 Å². The Morgan fingerprint density at radius 3 is 2.52 bits per heavy atom. The fourth-order valence-corrected chi connectivity index (χ4v) is 3.44. The fraction of sp³-hybridized carbons (Fsp3) is 0.227. The van der Waals surface area contributed by atoms with E-state index >= 15 is 0 Å². The highest BCUT2D eigenvalue weighted by Gasteiger charge is 2.19. The number of benzene rings is 1. The Morgan fingerprint density at radius 1 is 1.00 bits per heavy atom. The summed E-state index contributed by atoms with van der Waals surface area (Å²) < 4.78 is 0. The van der Waals surface area contributed by atoms with Gasteiger partial charge in [0.15, 0.2) is 5.82 Å². The van der Waals surface area contributed by atoms with Crippen molar-refractivity contribution in [2.45, 2.75) is 19.8 Å². The summed E-state index contributed by atoms with van der Waals surface area (Å²) in [6.45, 7) is 3.82. The van der Waals surface area contributed by atoms with Crippen LogP contribution in [0.4, 0.5) is 11.5 Å². The monoisotopic (exact) mass is 358 g/mol. The highest BCUT2D eigenvalue weighted by Crippen LogP contribution is 2.27. The van der Waals surface area contributed by atoms with E-state index in [1.54, 1.807) is 6.20 Å². The number of amides is 1. The molecular formula is C22H22N4O. The molecule has 0 radical (unpaired) electrons. The second-order valence-electron chi connectivity index (χ2n) is 6.72. The van der Waals surface area contributed by atoms with Crippen molar-refractivity contribution in [2.24, 2.45) is 0 Å². The second kappa shape index (κ2) is 7.58. The summed E-state index contributed by atoms with van der Waals surface area (Å²) >= 11 is 0. The minimum atomic E-state index is -0.159. The molecule has 1 aliphatic rings. The Labute approximate surface area is 159 Å². The summed E-state index contributed by atoms with van der Waals surface area (Å²) in [6, 6.07) is 17.4. The largest absolute Gasteiger partial charge is 0.355 e. The van der Waals surface area contributed by atoms with Gasteiger partial charge in [-0.15, -0.1) is 0 Å². The molecule has 1 saturated heterocycles. The highest BCUT2D eigenvalue weighted by molar-refractivity contribution is 6.06. The molecule has 27 heavy (non-hydrogen) atoms. The SMILES string of the molecule is Cc1nc(-c2ccccc2)ccc1C(=O)Nc1cccnc1N1CCCC1. The van der Waals surface area contributed by atoms with Crippen LogP contribution in [0.25, 0.3) is 11.3 Å². The quantitative estimate of drug-likeness (QED) is 0.755. The van der Waals surface area contributed by atoms with E-state index in [4.69, 9.17) is 0 Å². The number of pyridine rings is 2. The van der Waals surface area contributed by atoms with Gasteiger partial charge in [0.1, 0.15) is 0 Å². The first kappa shape index (κ1) is 17.2. The van der Waals surface area contributed by atoms with Crippen LogP contribution in [0.15, 0.2) is 60.8 Å². The minimum Gasteiger partial charge on any atom is -0.355 e. The lowest BCUT2D eigenvalue weighted by molar-refractivity contribution is 0.102. The van der Waals surface area contributed by atoms with Crippen LogP contribution in [0.5, 0.6) is 0 Å². The molecule has 0 unspecified atom stereocenters. The Balaban J connectivity index is 1.57. The van der Waals surface area contributed by atoms with Crippen LogP contribution >= 0.6 is 0 Å². The molecule has 1 amide bonds. The third-order valence-electron chi connectivity index (χ3n) is 4.84. The van der Waals surface area contributed by atoms with Gasteiger partial charge in [-0.2, -0.15) is 0 Å². The molecule has 1 aliphatic heterocycles. The molecule has 0 atom stereocenters. The molecule has 136 valence electrons.